The zero-order chi connectivity index (χ0) is 14.4. The minimum absolute atomic E-state index is 0.0327. The summed E-state index contributed by atoms with van der Waals surface area (Å²) in [6.07, 6.45) is 0.933. The molecule has 20 heavy (non-hydrogen) atoms. The normalized spacial score (nSPS) is 10.3. The Morgan fingerprint density at radius 2 is 2.20 bits per heavy atom. The minimum atomic E-state index is -0.0327. The summed E-state index contributed by atoms with van der Waals surface area (Å²) >= 11 is 7.50. The number of carbonyl (C=O) groups is 1. The van der Waals surface area contributed by atoms with Gasteiger partial charge in [-0.15, -0.1) is 11.3 Å². The van der Waals surface area contributed by atoms with Gasteiger partial charge >= 0.3 is 0 Å². The van der Waals surface area contributed by atoms with Gasteiger partial charge in [0.05, 0.1) is 5.02 Å². The Morgan fingerprint density at radius 3 is 2.90 bits per heavy atom. The summed E-state index contributed by atoms with van der Waals surface area (Å²) in [5.41, 5.74) is 1.60. The first-order valence-corrected chi connectivity index (χ1v) is 7.80. The topological polar surface area (TPSA) is 41.1 Å². The zero-order valence-corrected chi connectivity index (χ0v) is 12.9. The van der Waals surface area contributed by atoms with E-state index in [1.54, 1.807) is 11.3 Å². The Hall–Kier alpha value is -1.52. The van der Waals surface area contributed by atoms with Gasteiger partial charge in [-0.05, 0) is 30.7 Å². The van der Waals surface area contributed by atoms with Crippen LogP contribution in [0.4, 0.5) is 5.69 Å². The molecule has 1 heterocycles. The lowest BCUT2D eigenvalue weighted by Crippen LogP contribution is -2.23. The van der Waals surface area contributed by atoms with E-state index < -0.39 is 0 Å². The molecule has 0 aliphatic rings. The SMILES string of the molecule is CCCNC(=O)c1cccc(NCc2cc(Cl)cs2)c1. The maximum atomic E-state index is 11.9. The number of nitrogens with one attached hydrogen (secondary N) is 2. The summed E-state index contributed by atoms with van der Waals surface area (Å²) in [4.78, 5) is 13.0. The van der Waals surface area contributed by atoms with E-state index in [2.05, 4.69) is 10.6 Å². The highest BCUT2D eigenvalue weighted by Crippen LogP contribution is 2.20. The number of rotatable bonds is 6. The van der Waals surface area contributed by atoms with Crippen LogP contribution in [0.15, 0.2) is 35.7 Å². The van der Waals surface area contributed by atoms with Gasteiger partial charge in [0.25, 0.3) is 5.91 Å². The number of amides is 1. The number of thiophene rings is 1. The third-order valence-electron chi connectivity index (χ3n) is 2.75. The number of halogens is 1. The van der Waals surface area contributed by atoms with Crippen molar-refractivity contribution in [3.8, 4) is 0 Å². The van der Waals surface area contributed by atoms with Crippen molar-refractivity contribution >= 4 is 34.5 Å². The van der Waals surface area contributed by atoms with Gasteiger partial charge in [-0.3, -0.25) is 4.79 Å². The highest BCUT2D eigenvalue weighted by atomic mass is 35.5. The number of benzene rings is 1. The first-order chi connectivity index (χ1) is 9.69. The van der Waals surface area contributed by atoms with Crippen LogP contribution in [-0.2, 0) is 6.54 Å². The van der Waals surface area contributed by atoms with Gasteiger partial charge in [-0.1, -0.05) is 24.6 Å². The van der Waals surface area contributed by atoms with Crippen LogP contribution in [0.25, 0.3) is 0 Å². The van der Waals surface area contributed by atoms with Crippen LogP contribution in [-0.4, -0.2) is 12.5 Å². The number of carbonyl (C=O) groups excluding carboxylic acids is 1. The molecule has 0 aliphatic heterocycles. The van der Waals surface area contributed by atoms with E-state index >= 15 is 0 Å². The van der Waals surface area contributed by atoms with E-state index in [9.17, 15) is 4.79 Å². The molecule has 0 spiro atoms. The summed E-state index contributed by atoms with van der Waals surface area (Å²) < 4.78 is 0. The Morgan fingerprint density at radius 1 is 1.35 bits per heavy atom. The maximum absolute atomic E-state index is 11.9. The zero-order valence-electron chi connectivity index (χ0n) is 11.3. The molecular weight excluding hydrogens is 292 g/mol. The molecule has 0 unspecified atom stereocenters. The van der Waals surface area contributed by atoms with Gasteiger partial charge in [-0.25, -0.2) is 0 Å². The molecule has 2 N–H and O–H groups in total. The molecule has 2 aromatic rings. The second-order valence-corrected chi connectivity index (χ2v) is 5.85. The lowest BCUT2D eigenvalue weighted by atomic mass is 10.2. The summed E-state index contributed by atoms with van der Waals surface area (Å²) in [5.74, 6) is -0.0327. The smallest absolute Gasteiger partial charge is 0.251 e. The van der Waals surface area contributed by atoms with Crippen LogP contribution in [0.3, 0.4) is 0 Å². The van der Waals surface area contributed by atoms with Crippen LogP contribution in [0.2, 0.25) is 5.02 Å². The van der Waals surface area contributed by atoms with Crippen molar-refractivity contribution in [2.24, 2.45) is 0 Å². The molecule has 0 fully saturated rings. The van der Waals surface area contributed by atoms with Crippen molar-refractivity contribution in [2.45, 2.75) is 19.9 Å². The van der Waals surface area contributed by atoms with Crippen molar-refractivity contribution in [3.05, 3.63) is 51.2 Å². The highest BCUT2D eigenvalue weighted by molar-refractivity contribution is 7.10. The van der Waals surface area contributed by atoms with E-state index in [0.717, 1.165) is 22.0 Å². The van der Waals surface area contributed by atoms with E-state index in [0.29, 0.717) is 18.7 Å². The van der Waals surface area contributed by atoms with E-state index in [1.807, 2.05) is 42.6 Å². The summed E-state index contributed by atoms with van der Waals surface area (Å²) in [5, 5.41) is 8.84. The molecule has 0 bridgehead atoms. The van der Waals surface area contributed by atoms with Crippen LogP contribution in [0, 0.1) is 0 Å². The minimum Gasteiger partial charge on any atom is -0.380 e. The van der Waals surface area contributed by atoms with E-state index in [1.165, 1.54) is 0 Å². The highest BCUT2D eigenvalue weighted by Gasteiger charge is 2.05. The van der Waals surface area contributed by atoms with Gasteiger partial charge in [0.15, 0.2) is 0 Å². The Balaban J connectivity index is 1.97. The van der Waals surface area contributed by atoms with Crippen molar-refractivity contribution in [1.29, 1.82) is 0 Å². The lowest BCUT2D eigenvalue weighted by molar-refractivity contribution is 0.0953. The van der Waals surface area contributed by atoms with Gasteiger partial charge in [0, 0.05) is 34.6 Å². The second-order valence-electron chi connectivity index (χ2n) is 4.42. The lowest BCUT2D eigenvalue weighted by Gasteiger charge is -2.08. The quantitative estimate of drug-likeness (QED) is 0.841. The monoisotopic (exact) mass is 308 g/mol. The third-order valence-corrected chi connectivity index (χ3v) is 4.03. The fraction of sp³-hybridized carbons (Fsp3) is 0.267. The van der Waals surface area contributed by atoms with Gasteiger partial charge in [0.2, 0.25) is 0 Å². The molecule has 0 saturated carbocycles. The molecule has 5 heteroatoms. The van der Waals surface area contributed by atoms with Crippen molar-refractivity contribution in [2.75, 3.05) is 11.9 Å². The van der Waals surface area contributed by atoms with Crippen LogP contribution in [0.1, 0.15) is 28.6 Å². The Kier molecular flexibility index (Phi) is 5.44. The van der Waals surface area contributed by atoms with Gasteiger partial charge < -0.3 is 10.6 Å². The number of anilines is 1. The molecule has 2 rings (SSSR count). The largest absolute Gasteiger partial charge is 0.380 e. The average Bonchev–Trinajstić information content (AvgIpc) is 2.88. The molecule has 3 nitrogen and oxygen atoms in total. The van der Waals surface area contributed by atoms with E-state index in [4.69, 9.17) is 11.6 Å². The van der Waals surface area contributed by atoms with Crippen molar-refractivity contribution in [3.63, 3.8) is 0 Å². The van der Waals surface area contributed by atoms with Crippen LogP contribution >= 0.6 is 22.9 Å². The average molecular weight is 309 g/mol. The molecule has 1 aromatic heterocycles. The van der Waals surface area contributed by atoms with Gasteiger partial charge in [-0.2, -0.15) is 0 Å². The standard InChI is InChI=1S/C15H17ClN2OS/c1-2-6-17-15(19)11-4-3-5-13(7-11)18-9-14-8-12(16)10-20-14/h3-5,7-8,10,18H,2,6,9H2,1H3,(H,17,19). The molecule has 1 amide bonds. The molecule has 0 saturated heterocycles. The van der Waals surface area contributed by atoms with Crippen LogP contribution in [0.5, 0.6) is 0 Å². The summed E-state index contributed by atoms with van der Waals surface area (Å²) in [7, 11) is 0. The molecule has 0 radical (unpaired) electrons. The van der Waals surface area contributed by atoms with Crippen molar-refractivity contribution < 1.29 is 4.79 Å². The molecule has 0 aliphatic carbocycles. The fourth-order valence-corrected chi connectivity index (χ4v) is 2.76. The second kappa shape index (κ2) is 7.31. The molecular formula is C15H17ClN2OS. The Bertz CT molecular complexity index is 583. The van der Waals surface area contributed by atoms with Gasteiger partial charge in [0.1, 0.15) is 0 Å². The maximum Gasteiger partial charge on any atom is 0.251 e. The first-order valence-electron chi connectivity index (χ1n) is 6.54. The van der Waals surface area contributed by atoms with Crippen LogP contribution < -0.4 is 10.6 Å². The summed E-state index contributed by atoms with van der Waals surface area (Å²) in [6.45, 7) is 3.44. The predicted octanol–water partition coefficient (Wildman–Crippen LogP) is 4.15. The molecule has 0 atom stereocenters. The van der Waals surface area contributed by atoms with Crippen molar-refractivity contribution in [1.82, 2.24) is 5.32 Å². The first kappa shape index (κ1) is 14.9. The predicted molar refractivity (Wildman–Crippen MR) is 85.7 cm³/mol. The van der Waals surface area contributed by atoms with E-state index in [-0.39, 0.29) is 5.91 Å². The third kappa shape index (κ3) is 4.25. The summed E-state index contributed by atoms with van der Waals surface area (Å²) in [6, 6.07) is 9.45. The molecule has 1 aromatic carbocycles. The number of hydrogen-bond donors (Lipinski definition) is 2. The molecule has 106 valence electrons. The number of hydrogen-bond acceptors (Lipinski definition) is 3. The fourth-order valence-electron chi connectivity index (χ4n) is 1.75. The Labute approximate surface area is 128 Å².